The van der Waals surface area contributed by atoms with Crippen LogP contribution in [0.15, 0.2) is 0 Å². The molecule has 3 N–H and O–H groups in total. The molecule has 1 rings (SSSR count). The van der Waals surface area contributed by atoms with Crippen LogP contribution >= 0.6 is 11.6 Å². The van der Waals surface area contributed by atoms with Crippen LogP contribution in [0.5, 0.6) is 0 Å². The van der Waals surface area contributed by atoms with Gasteiger partial charge in [-0.1, -0.05) is 12.8 Å². The topological polar surface area (TPSA) is 55.7 Å². The number of hydroxylamine groups is 2. The number of likely N-dealkylation sites (N-methyl/N-ethyl adjacent to an activating group) is 1. The van der Waals surface area contributed by atoms with E-state index in [1.807, 2.05) is 0 Å². The third-order valence-corrected chi connectivity index (χ3v) is 3.54. The van der Waals surface area contributed by atoms with Gasteiger partial charge < -0.3 is 15.6 Å². The molecule has 1 aliphatic carbocycles. The highest BCUT2D eigenvalue weighted by molar-refractivity contribution is 6.20. The summed E-state index contributed by atoms with van der Waals surface area (Å²) in [7, 11) is 1.74. The highest BCUT2D eigenvalue weighted by atomic mass is 35.5. The number of hydrogen-bond acceptors (Lipinski definition) is 4. The minimum atomic E-state index is -0.846. The Hall–Kier alpha value is 0.130. The molecule has 1 fully saturated rings. The summed E-state index contributed by atoms with van der Waals surface area (Å²) in [5.41, 5.74) is 0. The number of halogens is 1. The highest BCUT2D eigenvalue weighted by Crippen LogP contribution is 2.29. The molecule has 0 aromatic heterocycles. The lowest BCUT2D eigenvalue weighted by Gasteiger charge is -2.31. The van der Waals surface area contributed by atoms with Gasteiger partial charge in [0.15, 0.2) is 0 Å². The van der Waals surface area contributed by atoms with E-state index >= 15 is 0 Å². The molecule has 3 unspecified atom stereocenters. The fourth-order valence-corrected chi connectivity index (χ4v) is 2.38. The predicted molar refractivity (Wildman–Crippen MR) is 60.0 cm³/mol. The van der Waals surface area contributed by atoms with Crippen LogP contribution in [-0.2, 0) is 0 Å². The van der Waals surface area contributed by atoms with E-state index in [0.29, 0.717) is 13.1 Å². The van der Waals surface area contributed by atoms with Gasteiger partial charge in [0.25, 0.3) is 0 Å². The first-order chi connectivity index (χ1) is 7.15. The molecule has 0 bridgehead atoms. The number of rotatable bonds is 5. The molecular weight excluding hydrogens is 216 g/mol. The molecule has 4 nitrogen and oxygen atoms in total. The van der Waals surface area contributed by atoms with E-state index in [1.54, 1.807) is 7.05 Å². The van der Waals surface area contributed by atoms with Crippen LogP contribution < -0.4 is 5.32 Å². The Morgan fingerprint density at radius 3 is 2.73 bits per heavy atom. The summed E-state index contributed by atoms with van der Waals surface area (Å²) in [4.78, 5) is 0. The third-order valence-electron chi connectivity index (χ3n) is 2.97. The number of nitrogens with zero attached hydrogens (tertiary/aromatic N) is 1. The van der Waals surface area contributed by atoms with Crippen molar-refractivity contribution in [3.63, 3.8) is 0 Å². The van der Waals surface area contributed by atoms with Crippen molar-refractivity contribution < 1.29 is 10.3 Å². The zero-order chi connectivity index (χ0) is 11.3. The van der Waals surface area contributed by atoms with Crippen LogP contribution in [0, 0.1) is 5.92 Å². The maximum atomic E-state index is 9.60. The number of nitrogens with one attached hydrogen (secondary N) is 1. The zero-order valence-corrected chi connectivity index (χ0v) is 9.95. The molecular formula is C10H21ClN2O2. The van der Waals surface area contributed by atoms with Crippen LogP contribution in [0.2, 0.25) is 0 Å². The van der Waals surface area contributed by atoms with Gasteiger partial charge in [-0.3, -0.25) is 0 Å². The van der Waals surface area contributed by atoms with Crippen LogP contribution in [0.25, 0.3) is 0 Å². The van der Waals surface area contributed by atoms with E-state index in [2.05, 4.69) is 5.32 Å². The quantitative estimate of drug-likeness (QED) is 0.379. The highest BCUT2D eigenvalue weighted by Gasteiger charge is 2.26. The Bertz CT molecular complexity index is 183. The summed E-state index contributed by atoms with van der Waals surface area (Å²) in [6, 6.07) is 0. The van der Waals surface area contributed by atoms with Crippen LogP contribution in [0.3, 0.4) is 0 Å². The Morgan fingerprint density at radius 1 is 1.47 bits per heavy atom. The fourth-order valence-electron chi connectivity index (χ4n) is 2.02. The van der Waals surface area contributed by atoms with Crippen LogP contribution in [0.1, 0.15) is 25.7 Å². The second-order valence-electron chi connectivity index (χ2n) is 4.22. The number of aliphatic hydroxyl groups is 1. The smallest absolute Gasteiger partial charge is 0.141 e. The van der Waals surface area contributed by atoms with E-state index in [4.69, 9.17) is 11.6 Å². The summed E-state index contributed by atoms with van der Waals surface area (Å²) in [5.74, 6) is 0.289. The average Bonchev–Trinajstić information content (AvgIpc) is 2.21. The fraction of sp³-hybridized carbons (Fsp3) is 1.00. The van der Waals surface area contributed by atoms with Gasteiger partial charge >= 0.3 is 0 Å². The summed E-state index contributed by atoms with van der Waals surface area (Å²) in [6.45, 7) is 0.813. The second-order valence-corrected chi connectivity index (χ2v) is 4.78. The third kappa shape index (κ3) is 4.25. The zero-order valence-electron chi connectivity index (χ0n) is 9.19. The lowest BCUT2D eigenvalue weighted by Crippen LogP contribution is -2.43. The maximum absolute atomic E-state index is 9.60. The monoisotopic (exact) mass is 236 g/mol. The first-order valence-corrected chi connectivity index (χ1v) is 6.01. The molecule has 0 amide bonds. The molecule has 1 saturated carbocycles. The Kier molecular flexibility index (Phi) is 5.86. The van der Waals surface area contributed by atoms with Crippen molar-refractivity contribution in [1.82, 2.24) is 10.4 Å². The number of alkyl halides is 1. The molecule has 0 aromatic rings. The summed E-state index contributed by atoms with van der Waals surface area (Å²) in [5, 5.41) is 23.0. The summed E-state index contributed by atoms with van der Waals surface area (Å²) < 4.78 is 0. The lowest BCUT2D eigenvalue weighted by molar-refractivity contribution is -0.201. The van der Waals surface area contributed by atoms with E-state index in [9.17, 15) is 10.3 Å². The van der Waals surface area contributed by atoms with Crippen molar-refractivity contribution in [3.8, 4) is 0 Å². The molecule has 0 radical (unpaired) electrons. The van der Waals surface area contributed by atoms with E-state index in [-0.39, 0.29) is 11.3 Å². The lowest BCUT2D eigenvalue weighted by atomic mass is 9.88. The molecule has 90 valence electrons. The second kappa shape index (κ2) is 6.66. The van der Waals surface area contributed by atoms with E-state index < -0.39 is 6.23 Å². The van der Waals surface area contributed by atoms with E-state index in [0.717, 1.165) is 17.9 Å². The molecule has 0 aromatic carbocycles. The van der Waals surface area contributed by atoms with Crippen molar-refractivity contribution in [2.24, 2.45) is 5.92 Å². The summed E-state index contributed by atoms with van der Waals surface area (Å²) >= 11 is 6.17. The van der Waals surface area contributed by atoms with Gasteiger partial charge in [-0.15, -0.1) is 11.6 Å². The van der Waals surface area contributed by atoms with Crippen molar-refractivity contribution >= 4 is 11.6 Å². The van der Waals surface area contributed by atoms with E-state index in [1.165, 1.54) is 12.8 Å². The molecule has 0 heterocycles. The van der Waals surface area contributed by atoms with Gasteiger partial charge in [0, 0.05) is 18.5 Å². The van der Waals surface area contributed by atoms with Gasteiger partial charge in [0.2, 0.25) is 0 Å². The molecule has 15 heavy (non-hydrogen) atoms. The van der Waals surface area contributed by atoms with Gasteiger partial charge in [-0.05, 0) is 25.8 Å². The first kappa shape index (κ1) is 13.2. The normalized spacial score (nSPS) is 29.4. The van der Waals surface area contributed by atoms with Crippen molar-refractivity contribution in [3.05, 3.63) is 0 Å². The van der Waals surface area contributed by atoms with Crippen molar-refractivity contribution in [1.29, 1.82) is 0 Å². The minimum Gasteiger partial charge on any atom is -0.375 e. The minimum absolute atomic E-state index is 0.134. The molecule has 1 aliphatic rings. The average molecular weight is 237 g/mol. The molecule has 0 spiro atoms. The Labute approximate surface area is 96.2 Å². The number of hydrogen-bond donors (Lipinski definition) is 3. The summed E-state index contributed by atoms with van der Waals surface area (Å²) in [6.07, 6.45) is 3.55. The SMILES string of the molecule is CNCC(O)N(O)CC1CCCCC1Cl. The van der Waals surface area contributed by atoms with Gasteiger partial charge in [-0.2, -0.15) is 5.06 Å². The molecule has 3 atom stereocenters. The standard InChI is InChI=1S/C10H21ClN2O2/c1-12-6-10(14)13(15)7-8-4-2-3-5-9(8)11/h8-10,12,14-15H,2-7H2,1H3. The maximum Gasteiger partial charge on any atom is 0.141 e. The number of aliphatic hydroxyl groups excluding tert-OH is 1. The van der Waals surface area contributed by atoms with Crippen LogP contribution in [-0.4, -0.2) is 47.1 Å². The molecule has 0 saturated heterocycles. The Morgan fingerprint density at radius 2 is 2.13 bits per heavy atom. The predicted octanol–water partition coefficient (Wildman–Crippen LogP) is 1.01. The van der Waals surface area contributed by atoms with Crippen molar-refractivity contribution in [2.45, 2.75) is 37.3 Å². The largest absolute Gasteiger partial charge is 0.375 e. The van der Waals surface area contributed by atoms with Gasteiger partial charge in [0.05, 0.1) is 0 Å². The first-order valence-electron chi connectivity index (χ1n) is 5.57. The van der Waals surface area contributed by atoms with Gasteiger partial charge in [0.1, 0.15) is 6.23 Å². The molecule has 5 heteroatoms. The van der Waals surface area contributed by atoms with Crippen molar-refractivity contribution in [2.75, 3.05) is 20.1 Å². The Balaban J connectivity index is 2.32. The van der Waals surface area contributed by atoms with Gasteiger partial charge in [-0.25, -0.2) is 0 Å². The molecule has 0 aliphatic heterocycles. The van der Waals surface area contributed by atoms with Crippen LogP contribution in [0.4, 0.5) is 0 Å².